The summed E-state index contributed by atoms with van der Waals surface area (Å²) in [6.45, 7) is 3.44. The maximum Gasteiger partial charge on any atom is 0.228 e. The standard InChI is InChI=1S/C26H23N5O2/c32-22-7-3-6-21(15-22)23-24-25(29-26(28-23)30-10-12-33-13-11-30)31(17-27-24)16-18-8-9-19-4-1-2-5-20(19)14-18/h1-9,14-15,17,32H,10-13,16H2. The fourth-order valence-corrected chi connectivity index (χ4v) is 4.34. The van der Waals surface area contributed by atoms with Gasteiger partial charge < -0.3 is 19.3 Å². The van der Waals surface area contributed by atoms with E-state index in [4.69, 9.17) is 14.7 Å². The van der Waals surface area contributed by atoms with Crippen molar-refractivity contribution in [3.63, 3.8) is 0 Å². The zero-order chi connectivity index (χ0) is 22.2. The van der Waals surface area contributed by atoms with Crippen molar-refractivity contribution in [3.8, 4) is 17.0 Å². The fraction of sp³-hybridized carbons (Fsp3) is 0.192. The van der Waals surface area contributed by atoms with E-state index in [-0.39, 0.29) is 5.75 Å². The molecule has 0 radical (unpaired) electrons. The number of fused-ring (bicyclic) bond motifs is 2. The van der Waals surface area contributed by atoms with Gasteiger partial charge in [-0.25, -0.2) is 9.97 Å². The number of phenolic OH excluding ortho intramolecular Hbond substituents is 1. The summed E-state index contributed by atoms with van der Waals surface area (Å²) >= 11 is 0. The highest BCUT2D eigenvalue weighted by molar-refractivity contribution is 5.89. The maximum absolute atomic E-state index is 10.1. The summed E-state index contributed by atoms with van der Waals surface area (Å²) in [5, 5.41) is 12.5. The number of rotatable bonds is 4. The maximum atomic E-state index is 10.1. The third kappa shape index (κ3) is 3.76. The first kappa shape index (κ1) is 19.7. The van der Waals surface area contributed by atoms with Crippen molar-refractivity contribution < 1.29 is 9.84 Å². The molecule has 1 aliphatic rings. The van der Waals surface area contributed by atoms with Crippen LogP contribution in [0.15, 0.2) is 73.1 Å². The van der Waals surface area contributed by atoms with E-state index in [0.29, 0.717) is 25.7 Å². The Balaban J connectivity index is 1.47. The molecule has 1 N–H and O–H groups in total. The van der Waals surface area contributed by atoms with Crippen molar-refractivity contribution in [2.75, 3.05) is 31.2 Å². The molecule has 0 amide bonds. The third-order valence-corrected chi connectivity index (χ3v) is 6.03. The Morgan fingerprint density at radius 2 is 1.73 bits per heavy atom. The van der Waals surface area contributed by atoms with Crippen LogP contribution in [0.4, 0.5) is 5.95 Å². The highest BCUT2D eigenvalue weighted by atomic mass is 16.5. The lowest BCUT2D eigenvalue weighted by Crippen LogP contribution is -2.37. The van der Waals surface area contributed by atoms with Crippen molar-refractivity contribution >= 4 is 27.9 Å². The number of ether oxygens (including phenoxy) is 1. The molecule has 2 aromatic heterocycles. The monoisotopic (exact) mass is 437 g/mol. The molecule has 7 nitrogen and oxygen atoms in total. The number of aromatic hydroxyl groups is 1. The van der Waals surface area contributed by atoms with Gasteiger partial charge in [-0.2, -0.15) is 4.98 Å². The molecule has 0 bridgehead atoms. The molecule has 164 valence electrons. The Bertz CT molecular complexity index is 1460. The highest BCUT2D eigenvalue weighted by Crippen LogP contribution is 2.30. The van der Waals surface area contributed by atoms with Crippen LogP contribution in [0.1, 0.15) is 5.56 Å². The first-order valence-corrected chi connectivity index (χ1v) is 11.1. The molecule has 0 aliphatic carbocycles. The van der Waals surface area contributed by atoms with Crippen LogP contribution in [0.3, 0.4) is 0 Å². The summed E-state index contributed by atoms with van der Waals surface area (Å²) < 4.78 is 7.58. The molecular formula is C26H23N5O2. The Kier molecular flexibility index (Phi) is 4.88. The van der Waals surface area contributed by atoms with Gasteiger partial charge in [-0.15, -0.1) is 0 Å². The normalized spacial score (nSPS) is 14.2. The summed E-state index contributed by atoms with van der Waals surface area (Å²) in [7, 11) is 0. The summed E-state index contributed by atoms with van der Waals surface area (Å²) in [6.07, 6.45) is 1.82. The number of nitrogens with zero attached hydrogens (tertiary/aromatic N) is 5. The number of anilines is 1. The predicted octanol–water partition coefficient (Wildman–Crippen LogP) is 4.24. The van der Waals surface area contributed by atoms with Crippen LogP contribution >= 0.6 is 0 Å². The molecule has 1 fully saturated rings. The van der Waals surface area contributed by atoms with Crippen LogP contribution < -0.4 is 4.90 Å². The predicted molar refractivity (Wildman–Crippen MR) is 129 cm³/mol. The van der Waals surface area contributed by atoms with Gasteiger partial charge in [0.25, 0.3) is 0 Å². The first-order valence-electron chi connectivity index (χ1n) is 11.1. The minimum Gasteiger partial charge on any atom is -0.508 e. The van der Waals surface area contributed by atoms with Gasteiger partial charge in [0, 0.05) is 18.7 Å². The van der Waals surface area contributed by atoms with E-state index >= 15 is 0 Å². The van der Waals surface area contributed by atoms with E-state index in [1.807, 2.05) is 18.5 Å². The Labute approximate surface area is 190 Å². The van der Waals surface area contributed by atoms with Crippen LogP contribution in [0, 0.1) is 0 Å². The van der Waals surface area contributed by atoms with E-state index in [9.17, 15) is 5.11 Å². The zero-order valence-electron chi connectivity index (χ0n) is 18.1. The minimum absolute atomic E-state index is 0.197. The van der Waals surface area contributed by atoms with Crippen molar-refractivity contribution in [3.05, 3.63) is 78.6 Å². The van der Waals surface area contributed by atoms with Gasteiger partial charge in [-0.1, -0.05) is 48.5 Å². The van der Waals surface area contributed by atoms with Crippen molar-refractivity contribution in [1.29, 1.82) is 0 Å². The van der Waals surface area contributed by atoms with Crippen molar-refractivity contribution in [1.82, 2.24) is 19.5 Å². The molecule has 7 heteroatoms. The number of benzene rings is 3. The largest absolute Gasteiger partial charge is 0.508 e. The van der Waals surface area contributed by atoms with E-state index in [0.717, 1.165) is 35.5 Å². The third-order valence-electron chi connectivity index (χ3n) is 6.03. The topological polar surface area (TPSA) is 76.3 Å². The van der Waals surface area contributed by atoms with Crippen LogP contribution in [0.5, 0.6) is 5.75 Å². The van der Waals surface area contributed by atoms with Gasteiger partial charge in [0.05, 0.1) is 26.1 Å². The Hall–Kier alpha value is -3.97. The SMILES string of the molecule is Oc1cccc(-c2nc(N3CCOCC3)nc3c2ncn3Cc2ccc3ccccc3c2)c1. The second-order valence-corrected chi connectivity index (χ2v) is 8.25. The van der Waals surface area contributed by atoms with Crippen LogP contribution in [-0.2, 0) is 11.3 Å². The summed E-state index contributed by atoms with van der Waals surface area (Å²) in [5.74, 6) is 0.854. The first-order chi connectivity index (χ1) is 16.2. The van der Waals surface area contributed by atoms with Gasteiger partial charge in [0.15, 0.2) is 5.65 Å². The molecule has 3 aromatic carbocycles. The number of hydrogen-bond acceptors (Lipinski definition) is 6. The molecular weight excluding hydrogens is 414 g/mol. The number of phenols is 1. The molecule has 0 unspecified atom stereocenters. The van der Waals surface area contributed by atoms with Crippen LogP contribution in [0.2, 0.25) is 0 Å². The molecule has 6 rings (SSSR count). The molecule has 5 aromatic rings. The summed E-state index contributed by atoms with van der Waals surface area (Å²) in [5.41, 5.74) is 4.21. The Morgan fingerprint density at radius 3 is 2.58 bits per heavy atom. The molecule has 33 heavy (non-hydrogen) atoms. The zero-order valence-corrected chi connectivity index (χ0v) is 18.1. The van der Waals surface area contributed by atoms with Crippen molar-refractivity contribution in [2.45, 2.75) is 6.54 Å². The second kappa shape index (κ2) is 8.18. The van der Waals surface area contributed by atoms with E-state index in [1.54, 1.807) is 12.1 Å². The quantitative estimate of drug-likeness (QED) is 0.453. The van der Waals surface area contributed by atoms with Crippen LogP contribution in [-0.4, -0.2) is 50.9 Å². The summed E-state index contributed by atoms with van der Waals surface area (Å²) in [4.78, 5) is 16.6. The number of imidazole rings is 1. The van der Waals surface area contributed by atoms with Gasteiger partial charge in [0.2, 0.25) is 5.95 Å². The molecule has 3 heterocycles. The lowest BCUT2D eigenvalue weighted by atomic mass is 10.1. The number of morpholine rings is 1. The van der Waals surface area contributed by atoms with Gasteiger partial charge in [0.1, 0.15) is 17.0 Å². The molecule has 1 saturated heterocycles. The molecule has 0 atom stereocenters. The average Bonchev–Trinajstić information content (AvgIpc) is 3.26. The number of hydrogen-bond donors (Lipinski definition) is 1. The van der Waals surface area contributed by atoms with Gasteiger partial charge in [-0.05, 0) is 34.5 Å². The van der Waals surface area contributed by atoms with Crippen LogP contribution in [0.25, 0.3) is 33.2 Å². The number of aromatic nitrogens is 4. The summed E-state index contributed by atoms with van der Waals surface area (Å²) in [6, 6.07) is 22.0. The lowest BCUT2D eigenvalue weighted by Gasteiger charge is -2.27. The van der Waals surface area contributed by atoms with Gasteiger partial charge in [-0.3, -0.25) is 0 Å². The Morgan fingerprint density at radius 1 is 0.879 bits per heavy atom. The second-order valence-electron chi connectivity index (χ2n) is 8.25. The van der Waals surface area contributed by atoms with E-state index in [2.05, 4.69) is 56.9 Å². The fourth-order valence-electron chi connectivity index (χ4n) is 4.34. The van der Waals surface area contributed by atoms with Crippen molar-refractivity contribution in [2.24, 2.45) is 0 Å². The molecule has 1 aliphatic heterocycles. The minimum atomic E-state index is 0.197. The average molecular weight is 438 g/mol. The molecule has 0 spiro atoms. The van der Waals surface area contributed by atoms with E-state index < -0.39 is 0 Å². The van der Waals surface area contributed by atoms with Gasteiger partial charge >= 0.3 is 0 Å². The molecule has 0 saturated carbocycles. The highest BCUT2D eigenvalue weighted by Gasteiger charge is 2.20. The lowest BCUT2D eigenvalue weighted by molar-refractivity contribution is 0.122. The van der Waals surface area contributed by atoms with E-state index in [1.165, 1.54) is 16.3 Å². The smallest absolute Gasteiger partial charge is 0.228 e.